The summed E-state index contributed by atoms with van der Waals surface area (Å²) < 4.78 is 26.8. The van der Waals surface area contributed by atoms with Crippen molar-refractivity contribution in [3.63, 3.8) is 0 Å². The Hall–Kier alpha value is -2.14. The maximum Gasteiger partial charge on any atom is 0.259 e. The van der Waals surface area contributed by atoms with Crippen molar-refractivity contribution in [2.75, 3.05) is 0 Å². The molecule has 1 aliphatic rings. The van der Waals surface area contributed by atoms with E-state index in [1.54, 1.807) is 6.07 Å². The standard InChI is InChI=1S/C14H12N2O2S/c15-14-13-11(9-19(17,18)16-14)7-4-8-12(13)10-5-2-1-3-6-10/h1-8H,9H2,(H2,15,16). The van der Waals surface area contributed by atoms with Crippen LogP contribution in [0.15, 0.2) is 52.9 Å². The Bertz CT molecular complexity index is 765. The fraction of sp³-hybridized carbons (Fsp3) is 0.0714. The van der Waals surface area contributed by atoms with E-state index in [4.69, 9.17) is 5.73 Å². The molecule has 0 aromatic heterocycles. The Balaban J connectivity index is 2.27. The van der Waals surface area contributed by atoms with Crippen LogP contribution >= 0.6 is 0 Å². The number of amidine groups is 1. The highest BCUT2D eigenvalue weighted by Gasteiger charge is 2.24. The molecular weight excluding hydrogens is 260 g/mol. The summed E-state index contributed by atoms with van der Waals surface area (Å²) in [5, 5.41) is 0. The van der Waals surface area contributed by atoms with Crippen LogP contribution < -0.4 is 5.73 Å². The Labute approximate surface area is 111 Å². The number of sulfonamides is 1. The van der Waals surface area contributed by atoms with Gasteiger partial charge in [-0.2, -0.15) is 0 Å². The summed E-state index contributed by atoms with van der Waals surface area (Å²) in [5.74, 6) is -0.0234. The number of rotatable bonds is 1. The van der Waals surface area contributed by atoms with Gasteiger partial charge in [-0.05, 0) is 16.7 Å². The Morgan fingerprint density at radius 1 is 1.00 bits per heavy atom. The third-order valence-corrected chi connectivity index (χ3v) is 4.22. The molecule has 0 spiro atoms. The molecule has 19 heavy (non-hydrogen) atoms. The zero-order valence-electron chi connectivity index (χ0n) is 10.1. The second kappa shape index (κ2) is 4.20. The van der Waals surface area contributed by atoms with Crippen LogP contribution in [0, 0.1) is 0 Å². The zero-order chi connectivity index (χ0) is 13.5. The number of hydrogen-bond donors (Lipinski definition) is 1. The van der Waals surface area contributed by atoms with Crippen LogP contribution in [-0.4, -0.2) is 14.3 Å². The van der Waals surface area contributed by atoms with Gasteiger partial charge in [-0.25, -0.2) is 8.42 Å². The molecule has 1 heterocycles. The largest absolute Gasteiger partial charge is 0.383 e. The average molecular weight is 272 g/mol. The lowest BCUT2D eigenvalue weighted by Gasteiger charge is -2.17. The predicted octanol–water partition coefficient (Wildman–Crippen LogP) is 1.90. The number of hydrogen-bond acceptors (Lipinski definition) is 3. The molecule has 0 saturated carbocycles. The van der Waals surface area contributed by atoms with E-state index >= 15 is 0 Å². The Morgan fingerprint density at radius 2 is 1.74 bits per heavy atom. The van der Waals surface area contributed by atoms with Crippen molar-refractivity contribution in [2.45, 2.75) is 5.75 Å². The van der Waals surface area contributed by atoms with Gasteiger partial charge in [-0.3, -0.25) is 0 Å². The van der Waals surface area contributed by atoms with Crippen LogP contribution in [0.25, 0.3) is 11.1 Å². The molecule has 2 aromatic carbocycles. The van der Waals surface area contributed by atoms with Gasteiger partial charge in [0.1, 0.15) is 5.84 Å². The fourth-order valence-corrected chi connectivity index (χ4v) is 3.39. The van der Waals surface area contributed by atoms with Crippen molar-refractivity contribution in [2.24, 2.45) is 10.1 Å². The van der Waals surface area contributed by atoms with Crippen LogP contribution in [0.1, 0.15) is 11.1 Å². The van der Waals surface area contributed by atoms with Gasteiger partial charge in [0.25, 0.3) is 10.0 Å². The summed E-state index contributed by atoms with van der Waals surface area (Å²) in [6.45, 7) is 0. The Morgan fingerprint density at radius 3 is 2.47 bits per heavy atom. The minimum absolute atomic E-state index is 0.0701. The smallest absolute Gasteiger partial charge is 0.259 e. The van der Waals surface area contributed by atoms with E-state index < -0.39 is 10.0 Å². The summed E-state index contributed by atoms with van der Waals surface area (Å²) in [7, 11) is -3.48. The summed E-state index contributed by atoms with van der Waals surface area (Å²) in [4.78, 5) is 0. The number of fused-ring (bicyclic) bond motifs is 1. The number of nitrogens with zero attached hydrogens (tertiary/aromatic N) is 1. The first kappa shape index (κ1) is 11.9. The zero-order valence-corrected chi connectivity index (χ0v) is 10.9. The molecule has 0 unspecified atom stereocenters. The molecule has 4 nitrogen and oxygen atoms in total. The van der Waals surface area contributed by atoms with Gasteiger partial charge in [0.05, 0.1) is 5.75 Å². The topological polar surface area (TPSA) is 72.5 Å². The van der Waals surface area contributed by atoms with E-state index in [9.17, 15) is 8.42 Å². The van der Waals surface area contributed by atoms with Crippen molar-refractivity contribution < 1.29 is 8.42 Å². The molecule has 0 amide bonds. The summed E-state index contributed by atoms with van der Waals surface area (Å²) in [5.41, 5.74) is 9.17. The SMILES string of the molecule is NC1=NS(=O)(=O)Cc2cccc(-c3ccccc3)c21. The lowest BCUT2D eigenvalue weighted by atomic mass is 9.95. The fourth-order valence-electron chi connectivity index (χ4n) is 2.31. The molecule has 0 atom stereocenters. The summed E-state index contributed by atoms with van der Waals surface area (Å²) >= 11 is 0. The highest BCUT2D eigenvalue weighted by Crippen LogP contribution is 2.29. The maximum absolute atomic E-state index is 11.6. The van der Waals surface area contributed by atoms with Gasteiger partial charge in [0.2, 0.25) is 0 Å². The molecule has 5 heteroatoms. The van der Waals surface area contributed by atoms with Crippen molar-refractivity contribution in [3.8, 4) is 11.1 Å². The first-order chi connectivity index (χ1) is 9.07. The van der Waals surface area contributed by atoms with Crippen LogP contribution in [-0.2, 0) is 15.8 Å². The van der Waals surface area contributed by atoms with Crippen LogP contribution in [0.4, 0.5) is 0 Å². The van der Waals surface area contributed by atoms with Gasteiger partial charge in [-0.15, -0.1) is 4.40 Å². The second-order valence-electron chi connectivity index (χ2n) is 4.41. The quantitative estimate of drug-likeness (QED) is 0.861. The third-order valence-electron chi connectivity index (χ3n) is 3.07. The van der Waals surface area contributed by atoms with E-state index in [1.807, 2.05) is 42.5 Å². The van der Waals surface area contributed by atoms with Crippen molar-refractivity contribution in [3.05, 3.63) is 59.7 Å². The molecule has 2 aromatic rings. The Kier molecular flexibility index (Phi) is 2.64. The van der Waals surface area contributed by atoms with Crippen molar-refractivity contribution in [1.29, 1.82) is 0 Å². The third kappa shape index (κ3) is 2.13. The predicted molar refractivity (Wildman–Crippen MR) is 75.2 cm³/mol. The monoisotopic (exact) mass is 272 g/mol. The van der Waals surface area contributed by atoms with E-state index in [0.29, 0.717) is 5.56 Å². The minimum atomic E-state index is -3.48. The molecule has 0 aliphatic carbocycles. The summed E-state index contributed by atoms with van der Waals surface area (Å²) in [6.07, 6.45) is 0. The molecule has 0 fully saturated rings. The van der Waals surface area contributed by atoms with Crippen LogP contribution in [0.2, 0.25) is 0 Å². The van der Waals surface area contributed by atoms with Gasteiger partial charge in [0, 0.05) is 5.56 Å². The molecule has 3 rings (SSSR count). The van der Waals surface area contributed by atoms with Crippen molar-refractivity contribution in [1.82, 2.24) is 0 Å². The average Bonchev–Trinajstić information content (AvgIpc) is 2.37. The van der Waals surface area contributed by atoms with E-state index in [0.717, 1.165) is 16.7 Å². The van der Waals surface area contributed by atoms with E-state index in [-0.39, 0.29) is 11.6 Å². The van der Waals surface area contributed by atoms with Crippen LogP contribution in [0.3, 0.4) is 0 Å². The first-order valence-corrected chi connectivity index (χ1v) is 7.43. The second-order valence-corrected chi connectivity index (χ2v) is 6.04. The van der Waals surface area contributed by atoms with Gasteiger partial charge in [-0.1, -0.05) is 48.5 Å². The van der Waals surface area contributed by atoms with E-state index in [1.165, 1.54) is 0 Å². The van der Waals surface area contributed by atoms with Crippen LogP contribution in [0.5, 0.6) is 0 Å². The molecule has 1 aliphatic heterocycles. The molecule has 0 bridgehead atoms. The molecule has 0 saturated heterocycles. The maximum atomic E-state index is 11.6. The number of nitrogens with two attached hydrogens (primary N) is 1. The lowest BCUT2D eigenvalue weighted by molar-refractivity contribution is 0.596. The molecular formula is C14H12N2O2S. The molecule has 2 N–H and O–H groups in total. The molecule has 0 radical (unpaired) electrons. The molecule has 96 valence electrons. The first-order valence-electron chi connectivity index (χ1n) is 5.83. The highest BCUT2D eigenvalue weighted by atomic mass is 32.2. The summed E-state index contributed by atoms with van der Waals surface area (Å²) in [6, 6.07) is 15.3. The van der Waals surface area contributed by atoms with E-state index in [2.05, 4.69) is 4.40 Å². The minimum Gasteiger partial charge on any atom is -0.383 e. The van der Waals surface area contributed by atoms with Gasteiger partial charge in [0.15, 0.2) is 0 Å². The lowest BCUT2D eigenvalue weighted by Crippen LogP contribution is -2.24. The normalized spacial score (nSPS) is 16.5. The van der Waals surface area contributed by atoms with Gasteiger partial charge < -0.3 is 5.73 Å². The van der Waals surface area contributed by atoms with Crippen molar-refractivity contribution >= 4 is 15.9 Å². The van der Waals surface area contributed by atoms with Gasteiger partial charge >= 0.3 is 0 Å². The highest BCUT2D eigenvalue weighted by molar-refractivity contribution is 7.89. The number of benzene rings is 2.